The Labute approximate surface area is 192 Å². The molecule has 0 atom stereocenters. The molecule has 2 aliphatic rings. The lowest BCUT2D eigenvalue weighted by Gasteiger charge is -2.38. The number of hydrogen-bond donors (Lipinski definition) is 0. The lowest BCUT2D eigenvalue weighted by Crippen LogP contribution is -2.52. The molecule has 168 valence electrons. The predicted molar refractivity (Wildman–Crippen MR) is 127 cm³/mol. The van der Waals surface area contributed by atoms with Gasteiger partial charge >= 0.3 is 6.97 Å². The second kappa shape index (κ2) is 7.80. The molecule has 0 radical (unpaired) electrons. The number of rotatable bonds is 5. The molecule has 0 spiro atoms. The van der Waals surface area contributed by atoms with E-state index in [0.29, 0.717) is 35.9 Å². The Balaban J connectivity index is 1.77. The topological polar surface area (TPSA) is 37.0 Å². The summed E-state index contributed by atoms with van der Waals surface area (Å²) in [5.74, 6) is 0. The summed E-state index contributed by atoms with van der Waals surface area (Å²) in [6, 6.07) is 13.4. The van der Waals surface area contributed by atoms with Crippen LogP contribution in [0.25, 0.3) is 5.70 Å². The third-order valence-corrected chi connectivity index (χ3v) is 6.38. The fourth-order valence-corrected chi connectivity index (χ4v) is 5.15. The highest BCUT2D eigenvalue weighted by Gasteiger charge is 2.55. The van der Waals surface area contributed by atoms with Crippen molar-refractivity contribution < 1.29 is 13.1 Å². The summed E-state index contributed by atoms with van der Waals surface area (Å²) in [6.07, 6.45) is 5.36. The minimum absolute atomic E-state index is 0.471. The largest absolute Gasteiger partial charge is 0.737 e. The molecule has 0 fully saturated rings. The number of fused-ring (bicyclic) bond motifs is 2. The number of hydrogen-bond acceptors (Lipinski definition) is 3. The Morgan fingerprint density at radius 3 is 2.09 bits per heavy atom. The van der Waals surface area contributed by atoms with E-state index >= 15 is 8.63 Å². The molecule has 33 heavy (non-hydrogen) atoms. The van der Waals surface area contributed by atoms with E-state index in [4.69, 9.17) is 0 Å². The van der Waals surface area contributed by atoms with Crippen molar-refractivity contribution in [3.63, 3.8) is 0 Å². The quantitative estimate of drug-likeness (QED) is 0.523. The second-order valence-electron chi connectivity index (χ2n) is 8.81. The van der Waals surface area contributed by atoms with E-state index in [-0.39, 0.29) is 0 Å². The predicted octanol–water partition coefficient (Wildman–Crippen LogP) is 4.94. The van der Waals surface area contributed by atoms with E-state index in [9.17, 15) is 0 Å². The van der Waals surface area contributed by atoms with Crippen LogP contribution in [0.15, 0.2) is 72.2 Å². The van der Waals surface area contributed by atoms with Gasteiger partial charge in [-0.05, 0) is 62.4 Å². The van der Waals surface area contributed by atoms with Gasteiger partial charge in [-0.25, -0.2) is 0 Å². The van der Waals surface area contributed by atoms with Crippen LogP contribution in [0, 0.1) is 13.8 Å². The van der Waals surface area contributed by atoms with Gasteiger partial charge in [0.1, 0.15) is 11.4 Å². The third-order valence-electron chi connectivity index (χ3n) is 6.38. The Kier molecular flexibility index (Phi) is 5.03. The van der Waals surface area contributed by atoms with Crippen molar-refractivity contribution in [1.82, 2.24) is 19.3 Å². The van der Waals surface area contributed by atoms with Gasteiger partial charge in [-0.15, -0.1) is 0 Å². The molecule has 0 aliphatic carbocycles. The number of allylic oxidation sites excluding steroid dienone is 2. The van der Waals surface area contributed by atoms with Crippen LogP contribution in [-0.4, -0.2) is 36.5 Å². The smallest absolute Gasteiger partial charge is 0.392 e. The molecule has 0 N–H and O–H groups in total. The first-order chi connectivity index (χ1) is 15.8. The molecule has 8 heteroatoms. The van der Waals surface area contributed by atoms with Crippen LogP contribution in [0.5, 0.6) is 0 Å². The van der Waals surface area contributed by atoms with Gasteiger partial charge in [-0.3, -0.25) is 9.97 Å². The Morgan fingerprint density at radius 2 is 1.55 bits per heavy atom. The summed E-state index contributed by atoms with van der Waals surface area (Å²) in [4.78, 5) is 11.2. The van der Waals surface area contributed by atoms with Crippen LogP contribution in [-0.2, 0) is 13.1 Å². The van der Waals surface area contributed by atoms with Gasteiger partial charge in [0.2, 0.25) is 0 Å². The van der Waals surface area contributed by atoms with Gasteiger partial charge in [0.25, 0.3) is 0 Å². The van der Waals surface area contributed by atoms with Crippen molar-refractivity contribution >= 4 is 18.4 Å². The zero-order valence-corrected chi connectivity index (χ0v) is 19.3. The average molecular weight is 445 g/mol. The van der Waals surface area contributed by atoms with Crippen molar-refractivity contribution in [2.24, 2.45) is 0 Å². The fraction of sp³-hybridized carbons (Fsp3) is 0.240. The second-order valence-corrected chi connectivity index (χ2v) is 8.81. The summed E-state index contributed by atoms with van der Waals surface area (Å²) in [5.41, 5.74) is 6.43. The van der Waals surface area contributed by atoms with Crippen molar-refractivity contribution in [3.8, 4) is 0 Å². The molecular weight excluding hydrogens is 419 g/mol. The lowest BCUT2D eigenvalue weighted by atomic mass is 9.87. The molecule has 5 rings (SSSR count). The van der Waals surface area contributed by atoms with Crippen LogP contribution in [0.3, 0.4) is 0 Å². The van der Waals surface area contributed by atoms with Crippen molar-refractivity contribution in [1.29, 1.82) is 0 Å². The van der Waals surface area contributed by atoms with Crippen molar-refractivity contribution in [3.05, 3.63) is 101 Å². The standard InChI is InChI=1S/C25H26BF2N5/c1-17-13-19(3)32-23(17)25(24-18(2)14-20(4)33(24)26(32,27)28)31(15-21-9-5-7-11-29-21)16-22-10-6-8-12-30-22/h5-14H,15-16H2,1-4H3. The molecule has 5 nitrogen and oxygen atoms in total. The van der Waals surface area contributed by atoms with E-state index in [1.54, 1.807) is 26.2 Å². The highest BCUT2D eigenvalue weighted by Crippen LogP contribution is 2.43. The number of halogens is 2. The lowest BCUT2D eigenvalue weighted by molar-refractivity contribution is -0.364. The first kappa shape index (κ1) is 21.3. The molecule has 0 amide bonds. The normalized spacial score (nSPS) is 16.6. The zero-order chi connectivity index (χ0) is 23.3. The molecular formula is C25H26BF2N5. The maximum atomic E-state index is 16.0. The first-order valence-electron chi connectivity index (χ1n) is 11.1. The monoisotopic (exact) mass is 445 g/mol. The molecule has 5 heterocycles. The minimum atomic E-state index is -4.01. The Hall–Kier alpha value is -3.55. The van der Waals surface area contributed by atoms with Gasteiger partial charge in [0.05, 0.1) is 24.5 Å². The van der Waals surface area contributed by atoms with Crippen molar-refractivity contribution in [2.45, 2.75) is 40.8 Å². The summed E-state index contributed by atoms with van der Waals surface area (Å²) in [5, 5.41) is 0. The van der Waals surface area contributed by atoms with Gasteiger partial charge in [-0.1, -0.05) is 12.1 Å². The third kappa shape index (κ3) is 3.41. The van der Waals surface area contributed by atoms with Gasteiger partial charge in [-0.2, -0.15) is 0 Å². The van der Waals surface area contributed by atoms with Crippen LogP contribution in [0.1, 0.15) is 42.2 Å². The molecule has 0 unspecified atom stereocenters. The molecule has 0 bridgehead atoms. The molecule has 0 saturated carbocycles. The molecule has 2 aliphatic heterocycles. The van der Waals surface area contributed by atoms with Crippen LogP contribution in [0.2, 0.25) is 0 Å². The minimum Gasteiger partial charge on any atom is -0.392 e. The number of aryl methyl sites for hydroxylation is 2. The number of pyridine rings is 2. The number of aromatic nitrogens is 3. The van der Waals surface area contributed by atoms with E-state index in [0.717, 1.165) is 28.2 Å². The van der Waals surface area contributed by atoms with Crippen molar-refractivity contribution in [2.75, 3.05) is 0 Å². The van der Waals surface area contributed by atoms with Gasteiger partial charge in [0, 0.05) is 36.7 Å². The highest BCUT2D eigenvalue weighted by molar-refractivity contribution is 6.58. The van der Waals surface area contributed by atoms with Gasteiger partial charge < -0.3 is 22.5 Å². The maximum absolute atomic E-state index is 16.0. The first-order valence-corrected chi connectivity index (χ1v) is 11.1. The summed E-state index contributed by atoms with van der Waals surface area (Å²) in [7, 11) is 0. The van der Waals surface area contributed by atoms with E-state index in [1.807, 2.05) is 62.4 Å². The highest BCUT2D eigenvalue weighted by atomic mass is 19.2. The summed E-state index contributed by atoms with van der Waals surface area (Å²) < 4.78 is 34.4. The average Bonchev–Trinajstić information content (AvgIpc) is 3.25. The molecule has 0 aromatic carbocycles. The molecule has 0 saturated heterocycles. The summed E-state index contributed by atoms with van der Waals surface area (Å²) in [6.45, 7) is 4.25. The Morgan fingerprint density at radius 1 is 0.939 bits per heavy atom. The van der Waals surface area contributed by atoms with E-state index < -0.39 is 6.97 Å². The zero-order valence-electron chi connectivity index (χ0n) is 19.3. The van der Waals surface area contributed by atoms with Crippen LogP contribution in [0.4, 0.5) is 8.63 Å². The molecule has 3 aromatic heterocycles. The summed E-state index contributed by atoms with van der Waals surface area (Å²) >= 11 is 0. The van der Waals surface area contributed by atoms with Gasteiger partial charge in [0.15, 0.2) is 5.70 Å². The van der Waals surface area contributed by atoms with Crippen LogP contribution >= 0.6 is 0 Å². The van der Waals surface area contributed by atoms with E-state index in [1.165, 1.54) is 8.96 Å². The SMILES string of the molecule is CC1=CC(C)=[N+]2C1=C(N(Cc1ccccn1)Cc1ccccn1)c1c(C)cc(C)n1[B-]2(F)F. The fourth-order valence-electron chi connectivity index (χ4n) is 5.15. The van der Waals surface area contributed by atoms with Crippen LogP contribution < -0.4 is 0 Å². The molecule has 3 aromatic rings. The maximum Gasteiger partial charge on any atom is 0.737 e. The van der Waals surface area contributed by atoms with E-state index in [2.05, 4.69) is 14.9 Å². The number of nitrogens with zero attached hydrogens (tertiary/aromatic N) is 5. The Bertz CT molecular complexity index is 1280.